The van der Waals surface area contributed by atoms with Crippen LogP contribution in [0.1, 0.15) is 461 Å². The number of unbranched alkanes of at least 4 members (excludes halogenated alkanes) is 60. The second-order valence-electron chi connectivity index (χ2n) is 37.2. The number of aromatic amines is 2. The quantitative estimate of drug-likeness (QED) is 0.0369. The van der Waals surface area contributed by atoms with Crippen LogP contribution in [0.3, 0.4) is 0 Å². The van der Waals surface area contributed by atoms with E-state index >= 15 is 0 Å². The molecule has 0 atom stereocenters. The molecule has 0 saturated heterocycles. The monoisotopic (exact) mass is 1690 g/mol. The molecule has 8 nitrogen and oxygen atoms in total. The first-order valence-corrected chi connectivity index (χ1v) is 52.6. The van der Waals surface area contributed by atoms with Gasteiger partial charge >= 0.3 is 0 Å². The smallest absolute Gasteiger partial charge is 0.119 e. The second kappa shape index (κ2) is 65.3. The number of hydrogen-bond acceptors (Lipinski definition) is 6. The fraction of sp³-hybridized carbons (Fsp3) is 0.621. The van der Waals surface area contributed by atoms with E-state index in [0.717, 1.165) is 164 Å². The molecular formula is C116H174N4O4. The minimum Gasteiger partial charge on any atom is -0.494 e. The van der Waals surface area contributed by atoms with Crippen molar-refractivity contribution in [2.24, 2.45) is 0 Å². The van der Waals surface area contributed by atoms with Gasteiger partial charge in [0.25, 0.3) is 0 Å². The highest BCUT2D eigenvalue weighted by atomic mass is 16.5. The van der Waals surface area contributed by atoms with Crippen molar-refractivity contribution in [3.8, 4) is 67.5 Å². The third-order valence-electron chi connectivity index (χ3n) is 26.4. The second-order valence-corrected chi connectivity index (χ2v) is 37.2. The molecular weight excluding hydrogens is 1510 g/mol. The summed E-state index contributed by atoms with van der Waals surface area (Å²) in [5.41, 5.74) is 15.7. The predicted molar refractivity (Wildman–Crippen MR) is 541 cm³/mol. The Labute approximate surface area is 757 Å². The Balaban J connectivity index is 0.930. The third kappa shape index (κ3) is 39.9. The van der Waals surface area contributed by atoms with Crippen LogP contribution in [0, 0.1) is 0 Å². The van der Waals surface area contributed by atoms with Crippen molar-refractivity contribution < 1.29 is 18.9 Å². The SMILES string of the molecule is CCCCCCCCCCCCCCCCCCOc1ccc(-c2c3nc(c(-c4ccc(OCCCCCCCCCCCCCCCCCC)cc4)c4ccc([nH]4)c(-c4ccc(OCCCCCCCCCCCCCCCCCC)cc4)c4nc(c(-c5ccc(OCCCCCCCCCCCCCCCCCC)cc5)c5ccc2[nH]5)C=C4)C=C3)cc1. The largest absolute Gasteiger partial charge is 0.494 e. The number of rotatable bonds is 76. The van der Waals surface area contributed by atoms with Crippen molar-refractivity contribution >= 4 is 46.4 Å². The lowest BCUT2D eigenvalue weighted by Gasteiger charge is -2.10. The van der Waals surface area contributed by atoms with Crippen LogP contribution in [0.15, 0.2) is 121 Å². The Hall–Kier alpha value is -7.32. The van der Waals surface area contributed by atoms with Crippen LogP contribution in [0.4, 0.5) is 0 Å². The Kier molecular flexibility index (Phi) is 52.9. The number of fused-ring (bicyclic) bond motifs is 8. The Morgan fingerprint density at radius 3 is 0.452 bits per heavy atom. The van der Waals surface area contributed by atoms with Gasteiger partial charge in [0.05, 0.1) is 49.2 Å². The predicted octanol–water partition coefficient (Wildman–Crippen LogP) is 37.9. The summed E-state index contributed by atoms with van der Waals surface area (Å²) in [7, 11) is 0. The average Bonchev–Trinajstić information content (AvgIpc) is 1.61. The van der Waals surface area contributed by atoms with Crippen LogP contribution in [-0.2, 0) is 0 Å². The van der Waals surface area contributed by atoms with E-state index in [1.165, 1.54) is 385 Å². The van der Waals surface area contributed by atoms with E-state index in [0.29, 0.717) is 0 Å². The molecule has 0 unspecified atom stereocenters. The van der Waals surface area contributed by atoms with Gasteiger partial charge in [-0.05, 0) is 145 Å². The lowest BCUT2D eigenvalue weighted by atomic mass is 10.0. The van der Waals surface area contributed by atoms with Gasteiger partial charge in [-0.2, -0.15) is 0 Å². The molecule has 5 heterocycles. The molecule has 0 saturated carbocycles. The summed E-state index contributed by atoms with van der Waals surface area (Å²) in [6.45, 7) is 12.1. The summed E-state index contributed by atoms with van der Waals surface area (Å²) >= 11 is 0. The summed E-state index contributed by atoms with van der Waals surface area (Å²) in [4.78, 5) is 19.5. The molecule has 9 rings (SSSR count). The van der Waals surface area contributed by atoms with Crippen molar-refractivity contribution in [2.45, 2.75) is 439 Å². The number of hydrogen-bond donors (Lipinski definition) is 2. The molecule has 682 valence electrons. The summed E-state index contributed by atoms with van der Waals surface area (Å²) in [5, 5.41) is 0. The maximum absolute atomic E-state index is 6.51. The maximum Gasteiger partial charge on any atom is 0.119 e. The van der Waals surface area contributed by atoms with Crippen LogP contribution in [0.25, 0.3) is 90.9 Å². The summed E-state index contributed by atoms with van der Waals surface area (Å²) in [6, 6.07) is 43.9. The van der Waals surface area contributed by atoms with Gasteiger partial charge in [-0.25, -0.2) is 9.97 Å². The van der Waals surface area contributed by atoms with Crippen LogP contribution in [-0.4, -0.2) is 46.4 Å². The van der Waals surface area contributed by atoms with Gasteiger partial charge in [0, 0.05) is 44.3 Å². The zero-order valence-electron chi connectivity index (χ0n) is 79.5. The highest BCUT2D eigenvalue weighted by Gasteiger charge is 2.21. The van der Waals surface area contributed by atoms with Gasteiger partial charge in [-0.15, -0.1) is 0 Å². The summed E-state index contributed by atoms with van der Waals surface area (Å²) < 4.78 is 26.0. The topological polar surface area (TPSA) is 94.3 Å². The fourth-order valence-corrected chi connectivity index (χ4v) is 18.7. The van der Waals surface area contributed by atoms with Gasteiger partial charge in [-0.3, -0.25) is 0 Å². The van der Waals surface area contributed by atoms with Gasteiger partial charge in [-0.1, -0.05) is 461 Å². The molecule has 3 aromatic heterocycles. The van der Waals surface area contributed by atoms with E-state index < -0.39 is 0 Å². The number of nitrogens with one attached hydrogen (secondary N) is 2. The Morgan fingerprint density at radius 1 is 0.169 bits per heavy atom. The van der Waals surface area contributed by atoms with E-state index in [-0.39, 0.29) is 0 Å². The molecule has 0 radical (unpaired) electrons. The van der Waals surface area contributed by atoms with E-state index in [9.17, 15) is 0 Å². The van der Waals surface area contributed by atoms with Gasteiger partial charge in [0.2, 0.25) is 0 Å². The third-order valence-corrected chi connectivity index (χ3v) is 26.4. The zero-order valence-corrected chi connectivity index (χ0v) is 79.5. The van der Waals surface area contributed by atoms with E-state index in [1.807, 2.05) is 0 Å². The molecule has 0 fully saturated rings. The summed E-state index contributed by atoms with van der Waals surface area (Å²) in [5.74, 6) is 3.57. The highest BCUT2D eigenvalue weighted by molar-refractivity contribution is 6.00. The lowest BCUT2D eigenvalue weighted by molar-refractivity contribution is 0.304. The van der Waals surface area contributed by atoms with Gasteiger partial charge in [0.1, 0.15) is 23.0 Å². The Morgan fingerprint density at radius 2 is 0.306 bits per heavy atom. The minimum absolute atomic E-state index is 0.719. The zero-order chi connectivity index (χ0) is 86.3. The molecule has 8 heteroatoms. The first-order valence-electron chi connectivity index (χ1n) is 52.6. The molecule has 124 heavy (non-hydrogen) atoms. The standard InChI is InChI=1S/C116H174N4O4/c1-5-9-13-17-21-25-29-33-37-41-45-49-53-57-61-65-93-121-101-77-69-97(70-78-101)113-105-85-87-107(117-105)114(98-71-79-102(80-72-98)122-94-66-62-58-54-50-46-42-38-34-30-26-22-18-14-10-6-2)109-89-91-111(119-109)116(100-75-83-104(84-76-100)124-96-68-64-60-56-52-48-44-40-36-32-28-24-20-16-12-8-4)112-92-90-110(120-112)115(108-88-86-106(113)118-108)99-73-81-103(82-74-99)123-95-67-63-59-55-51-47-43-39-35-31-27-23-19-15-11-7-3/h69-92,117,120H,5-68,93-96H2,1-4H3. The van der Waals surface area contributed by atoms with Crippen molar-refractivity contribution in [2.75, 3.05) is 26.4 Å². The number of nitrogens with zero attached hydrogens (tertiary/aromatic N) is 2. The van der Waals surface area contributed by atoms with Crippen molar-refractivity contribution in [1.82, 2.24) is 19.9 Å². The number of H-pyrrole nitrogens is 2. The van der Waals surface area contributed by atoms with Crippen molar-refractivity contribution in [3.05, 3.63) is 144 Å². The van der Waals surface area contributed by atoms with Crippen LogP contribution >= 0.6 is 0 Å². The molecule has 0 amide bonds. The molecule has 7 aromatic rings. The normalized spacial score (nSPS) is 11.9. The fourth-order valence-electron chi connectivity index (χ4n) is 18.7. The van der Waals surface area contributed by atoms with Crippen LogP contribution in [0.2, 0.25) is 0 Å². The minimum atomic E-state index is 0.719. The molecule has 0 aliphatic carbocycles. The highest BCUT2D eigenvalue weighted by Crippen LogP contribution is 2.41. The molecule has 2 N–H and O–H groups in total. The lowest BCUT2D eigenvalue weighted by Crippen LogP contribution is -1.97. The molecule has 4 aromatic carbocycles. The molecule has 0 spiro atoms. The Bertz CT molecular complexity index is 3570. The molecule has 8 bridgehead atoms. The number of aromatic nitrogens is 4. The van der Waals surface area contributed by atoms with Crippen molar-refractivity contribution in [3.63, 3.8) is 0 Å². The van der Waals surface area contributed by atoms with E-state index in [2.05, 4.69) is 183 Å². The number of ether oxygens (including phenoxy) is 4. The first-order chi connectivity index (χ1) is 61.5. The summed E-state index contributed by atoms with van der Waals surface area (Å²) in [6.07, 6.45) is 95.5. The average molecular weight is 1690 g/mol. The first kappa shape index (κ1) is 100. The van der Waals surface area contributed by atoms with E-state index in [4.69, 9.17) is 28.9 Å². The molecule has 2 aliphatic rings. The van der Waals surface area contributed by atoms with Crippen LogP contribution < -0.4 is 18.9 Å². The van der Waals surface area contributed by atoms with Crippen LogP contribution in [0.5, 0.6) is 23.0 Å². The van der Waals surface area contributed by atoms with Gasteiger partial charge in [0.15, 0.2) is 0 Å². The van der Waals surface area contributed by atoms with Crippen molar-refractivity contribution in [1.29, 1.82) is 0 Å². The number of benzene rings is 4. The maximum atomic E-state index is 6.51. The molecule has 2 aliphatic heterocycles. The van der Waals surface area contributed by atoms with E-state index in [1.54, 1.807) is 0 Å². The van der Waals surface area contributed by atoms with Gasteiger partial charge < -0.3 is 28.9 Å².